The highest BCUT2D eigenvalue weighted by atomic mass is 19.3. The Balaban J connectivity index is 2.21. The predicted molar refractivity (Wildman–Crippen MR) is 45.0 cm³/mol. The minimum absolute atomic E-state index is 0.242. The Kier molecular flexibility index (Phi) is 2.15. The number of nitrogens with zero attached hydrogens (tertiary/aromatic N) is 2. The van der Waals surface area contributed by atoms with Crippen LogP contribution in [-0.2, 0) is 6.54 Å². The second kappa shape index (κ2) is 3.32. The van der Waals surface area contributed by atoms with E-state index in [1.807, 2.05) is 0 Å². The summed E-state index contributed by atoms with van der Waals surface area (Å²) in [7, 11) is 0. The van der Waals surface area contributed by atoms with Crippen molar-refractivity contribution >= 4 is 5.91 Å². The van der Waals surface area contributed by atoms with Gasteiger partial charge in [-0.05, 0) is 6.07 Å². The lowest BCUT2D eigenvalue weighted by molar-refractivity contribution is 0.0577. The minimum Gasteiger partial charge on any atom is -0.328 e. The topological polar surface area (TPSA) is 33.2 Å². The lowest BCUT2D eigenvalue weighted by atomic mass is 10.2. The average molecular weight is 198 g/mol. The summed E-state index contributed by atoms with van der Waals surface area (Å²) in [5.74, 6) is -0.331. The molecule has 1 aliphatic rings. The largest absolute Gasteiger partial charge is 0.328 e. The van der Waals surface area contributed by atoms with Gasteiger partial charge in [0.1, 0.15) is 0 Å². The Labute approximate surface area is 79.4 Å². The summed E-state index contributed by atoms with van der Waals surface area (Å²) in [6.45, 7) is -0.264. The molecule has 74 valence electrons. The number of amides is 1. The molecule has 1 aromatic heterocycles. The van der Waals surface area contributed by atoms with Gasteiger partial charge in [-0.15, -0.1) is 0 Å². The van der Waals surface area contributed by atoms with Crippen LogP contribution in [0.2, 0.25) is 0 Å². The number of pyridine rings is 1. The van der Waals surface area contributed by atoms with E-state index in [0.29, 0.717) is 5.56 Å². The molecule has 0 saturated carbocycles. The van der Waals surface area contributed by atoms with Crippen molar-refractivity contribution in [2.45, 2.75) is 13.0 Å². The van der Waals surface area contributed by atoms with Crippen LogP contribution >= 0.6 is 0 Å². The maximum atomic E-state index is 12.1. The lowest BCUT2D eigenvalue weighted by Gasteiger charge is -2.13. The number of aromatic nitrogens is 1. The number of carbonyl (C=O) groups is 1. The molecule has 3 nitrogen and oxygen atoms in total. The van der Waals surface area contributed by atoms with Crippen molar-refractivity contribution in [1.29, 1.82) is 0 Å². The zero-order valence-corrected chi connectivity index (χ0v) is 7.28. The summed E-state index contributed by atoms with van der Waals surface area (Å²) in [4.78, 5) is 16.5. The molecule has 0 radical (unpaired) electrons. The first-order chi connectivity index (χ1) is 6.68. The first-order valence-corrected chi connectivity index (χ1v) is 4.19. The molecule has 1 aromatic rings. The van der Waals surface area contributed by atoms with Crippen molar-refractivity contribution in [3.63, 3.8) is 0 Å². The fraction of sp³-hybridized carbons (Fsp3) is 0.333. The average Bonchev–Trinajstić information content (AvgIpc) is 2.44. The fourth-order valence-electron chi connectivity index (χ4n) is 1.52. The van der Waals surface area contributed by atoms with Gasteiger partial charge < -0.3 is 4.90 Å². The van der Waals surface area contributed by atoms with Crippen LogP contribution < -0.4 is 0 Å². The molecule has 0 unspecified atom stereocenters. The molecule has 0 bridgehead atoms. The van der Waals surface area contributed by atoms with Gasteiger partial charge in [0, 0.05) is 30.1 Å². The zero-order chi connectivity index (χ0) is 10.1. The van der Waals surface area contributed by atoms with Gasteiger partial charge in [0.15, 0.2) is 0 Å². The third kappa shape index (κ3) is 1.45. The third-order valence-corrected chi connectivity index (χ3v) is 2.14. The zero-order valence-electron chi connectivity index (χ0n) is 7.28. The molecule has 0 atom stereocenters. The van der Waals surface area contributed by atoms with Crippen molar-refractivity contribution in [1.82, 2.24) is 9.88 Å². The van der Waals surface area contributed by atoms with Crippen LogP contribution in [0.5, 0.6) is 0 Å². The minimum atomic E-state index is -2.48. The summed E-state index contributed by atoms with van der Waals surface area (Å²) in [5.41, 5.74) is 1.21. The fourth-order valence-corrected chi connectivity index (χ4v) is 1.52. The summed E-state index contributed by atoms with van der Waals surface area (Å²) in [5, 5.41) is 0. The Hall–Kier alpha value is -1.52. The molecular weight excluding hydrogens is 190 g/mol. The molecule has 0 saturated heterocycles. The van der Waals surface area contributed by atoms with Gasteiger partial charge in [0.05, 0.1) is 6.54 Å². The van der Waals surface area contributed by atoms with E-state index in [-0.39, 0.29) is 12.5 Å². The van der Waals surface area contributed by atoms with E-state index in [0.717, 1.165) is 10.5 Å². The quantitative estimate of drug-likeness (QED) is 0.717. The van der Waals surface area contributed by atoms with E-state index in [1.165, 1.54) is 6.20 Å². The number of hydrogen-bond acceptors (Lipinski definition) is 2. The number of alkyl halides is 2. The number of carbonyl (C=O) groups excluding carboxylic acids is 1. The maximum Gasteiger partial charge on any atom is 0.255 e. The Bertz CT molecular complexity index is 368. The molecule has 0 aliphatic carbocycles. The number of rotatable bonds is 2. The van der Waals surface area contributed by atoms with E-state index in [2.05, 4.69) is 4.98 Å². The van der Waals surface area contributed by atoms with Gasteiger partial charge >= 0.3 is 0 Å². The molecule has 1 amide bonds. The van der Waals surface area contributed by atoms with Crippen LogP contribution in [0.1, 0.15) is 15.9 Å². The van der Waals surface area contributed by atoms with Gasteiger partial charge in [-0.2, -0.15) is 0 Å². The molecule has 0 fully saturated rings. The first kappa shape index (κ1) is 9.05. The normalized spacial score (nSPS) is 15.1. The van der Waals surface area contributed by atoms with E-state index in [4.69, 9.17) is 0 Å². The van der Waals surface area contributed by atoms with Gasteiger partial charge in [-0.3, -0.25) is 9.78 Å². The molecule has 2 rings (SSSR count). The number of hydrogen-bond donors (Lipinski definition) is 0. The molecule has 0 spiro atoms. The monoisotopic (exact) mass is 198 g/mol. The molecule has 1 aliphatic heterocycles. The molecule has 0 N–H and O–H groups in total. The van der Waals surface area contributed by atoms with E-state index in [9.17, 15) is 13.6 Å². The number of fused-ring (bicyclic) bond motifs is 1. The van der Waals surface area contributed by atoms with E-state index < -0.39 is 13.0 Å². The van der Waals surface area contributed by atoms with Crippen LogP contribution in [0, 0.1) is 0 Å². The Morgan fingerprint density at radius 1 is 1.57 bits per heavy atom. The highest BCUT2D eigenvalue weighted by molar-refractivity contribution is 5.98. The maximum absolute atomic E-state index is 12.1. The van der Waals surface area contributed by atoms with Crippen LogP contribution in [0.25, 0.3) is 0 Å². The molecule has 14 heavy (non-hydrogen) atoms. The van der Waals surface area contributed by atoms with Gasteiger partial charge in [-0.1, -0.05) is 0 Å². The van der Waals surface area contributed by atoms with Crippen molar-refractivity contribution in [2.75, 3.05) is 6.54 Å². The Morgan fingerprint density at radius 2 is 2.36 bits per heavy atom. The summed E-state index contributed by atoms with van der Waals surface area (Å²) in [6.07, 6.45) is 0.544. The van der Waals surface area contributed by atoms with Gasteiger partial charge in [-0.25, -0.2) is 8.78 Å². The highest BCUT2D eigenvalue weighted by Crippen LogP contribution is 2.21. The van der Waals surface area contributed by atoms with Crippen LogP contribution in [0.4, 0.5) is 8.78 Å². The summed E-state index contributed by atoms with van der Waals surface area (Å²) in [6, 6.07) is 1.56. The predicted octanol–water partition coefficient (Wildman–Crippen LogP) is 1.30. The van der Waals surface area contributed by atoms with Crippen molar-refractivity contribution in [3.05, 3.63) is 29.6 Å². The van der Waals surface area contributed by atoms with Gasteiger partial charge in [0.2, 0.25) is 0 Å². The lowest BCUT2D eigenvalue weighted by Crippen LogP contribution is -2.29. The summed E-state index contributed by atoms with van der Waals surface area (Å²) < 4.78 is 24.1. The van der Waals surface area contributed by atoms with Crippen LogP contribution in [0.15, 0.2) is 18.5 Å². The van der Waals surface area contributed by atoms with E-state index in [1.54, 1.807) is 12.3 Å². The molecule has 0 aromatic carbocycles. The summed E-state index contributed by atoms with van der Waals surface area (Å²) >= 11 is 0. The molecular formula is C9H8F2N2O. The van der Waals surface area contributed by atoms with Crippen LogP contribution in [-0.4, -0.2) is 28.8 Å². The Morgan fingerprint density at radius 3 is 3.00 bits per heavy atom. The van der Waals surface area contributed by atoms with Crippen molar-refractivity contribution in [3.8, 4) is 0 Å². The van der Waals surface area contributed by atoms with Gasteiger partial charge in [0.25, 0.3) is 12.3 Å². The van der Waals surface area contributed by atoms with Crippen molar-refractivity contribution in [2.24, 2.45) is 0 Å². The second-order valence-electron chi connectivity index (χ2n) is 3.11. The second-order valence-corrected chi connectivity index (χ2v) is 3.11. The highest BCUT2D eigenvalue weighted by Gasteiger charge is 2.28. The standard InChI is InChI=1S/C9H8F2N2O/c10-8(11)5-13-4-6-3-12-2-1-7(6)9(13)14/h1-3,8H,4-5H2. The third-order valence-electron chi connectivity index (χ3n) is 2.14. The van der Waals surface area contributed by atoms with Crippen molar-refractivity contribution < 1.29 is 13.6 Å². The molecule has 2 heterocycles. The SMILES string of the molecule is O=C1c2ccncc2CN1CC(F)F. The van der Waals surface area contributed by atoms with E-state index >= 15 is 0 Å². The smallest absolute Gasteiger partial charge is 0.255 e. The number of halogens is 2. The molecule has 5 heteroatoms. The van der Waals surface area contributed by atoms with Crippen LogP contribution in [0.3, 0.4) is 0 Å². The first-order valence-electron chi connectivity index (χ1n) is 4.19.